The first kappa shape index (κ1) is 10.9. The molecule has 0 aliphatic carbocycles. The third-order valence-corrected chi connectivity index (χ3v) is 2.73. The third-order valence-electron chi connectivity index (χ3n) is 2.73. The summed E-state index contributed by atoms with van der Waals surface area (Å²) in [5.41, 5.74) is 0.329. The molecule has 0 bridgehead atoms. The topological polar surface area (TPSA) is 18.5 Å². The smallest absolute Gasteiger partial charge is 0.0878 e. The molecule has 0 aromatic carbocycles. The zero-order chi connectivity index (χ0) is 8.74. The summed E-state index contributed by atoms with van der Waals surface area (Å²) in [5, 5.41) is 0. The Labute approximate surface area is 69.8 Å². The molecule has 0 rings (SSSR count). The fourth-order valence-electron chi connectivity index (χ4n) is 1.24. The number of hydrogen-bond donors (Lipinski definition) is 0. The minimum Gasteiger partial charge on any atom is -0.240 e. The average molecular weight is 160 g/mol. The highest BCUT2D eigenvalue weighted by Gasteiger charge is 2.24. The van der Waals surface area contributed by atoms with Gasteiger partial charge in [0, 0.05) is 0 Å². The van der Waals surface area contributed by atoms with Gasteiger partial charge < -0.3 is 0 Å². The Morgan fingerprint density at radius 1 is 1.00 bits per heavy atom. The highest BCUT2D eigenvalue weighted by atomic mass is 17.2. The van der Waals surface area contributed by atoms with E-state index in [4.69, 9.17) is 4.89 Å². The van der Waals surface area contributed by atoms with Crippen LogP contribution < -0.4 is 0 Å². The van der Waals surface area contributed by atoms with Crippen molar-refractivity contribution in [3.8, 4) is 0 Å². The molecule has 0 amide bonds. The standard InChI is InChI=1S/C9H20O2/c1-5-9(6-2,7-3)8-11-10-4/h5-8H2,1-4H3. The molecule has 0 saturated heterocycles. The molecule has 0 aliphatic heterocycles. The van der Waals surface area contributed by atoms with Crippen LogP contribution in [0.25, 0.3) is 0 Å². The van der Waals surface area contributed by atoms with Gasteiger partial charge in [-0.05, 0) is 24.7 Å². The van der Waals surface area contributed by atoms with E-state index >= 15 is 0 Å². The second-order valence-corrected chi connectivity index (χ2v) is 2.99. The predicted octanol–water partition coefficient (Wildman–Crippen LogP) is 2.78. The van der Waals surface area contributed by atoms with Crippen LogP contribution in [0.1, 0.15) is 40.0 Å². The quantitative estimate of drug-likeness (QED) is 0.439. The van der Waals surface area contributed by atoms with Gasteiger partial charge in [0.1, 0.15) is 0 Å². The van der Waals surface area contributed by atoms with E-state index in [0.29, 0.717) is 12.0 Å². The Morgan fingerprint density at radius 3 is 1.73 bits per heavy atom. The summed E-state index contributed by atoms with van der Waals surface area (Å²) >= 11 is 0. The lowest BCUT2D eigenvalue weighted by Crippen LogP contribution is -2.24. The summed E-state index contributed by atoms with van der Waals surface area (Å²) in [5.74, 6) is 0. The predicted molar refractivity (Wildman–Crippen MR) is 46.3 cm³/mol. The molecule has 0 N–H and O–H groups in total. The Hall–Kier alpha value is -0.0800. The van der Waals surface area contributed by atoms with Gasteiger partial charge in [0.2, 0.25) is 0 Å². The maximum Gasteiger partial charge on any atom is 0.0878 e. The van der Waals surface area contributed by atoms with E-state index in [1.165, 1.54) is 0 Å². The van der Waals surface area contributed by atoms with Gasteiger partial charge in [-0.2, -0.15) is 0 Å². The maximum atomic E-state index is 4.97. The SMILES string of the molecule is CCC(CC)(CC)COOC. The van der Waals surface area contributed by atoms with Crippen LogP contribution in [0.3, 0.4) is 0 Å². The third kappa shape index (κ3) is 3.21. The van der Waals surface area contributed by atoms with E-state index in [9.17, 15) is 0 Å². The fraction of sp³-hybridized carbons (Fsp3) is 1.00. The summed E-state index contributed by atoms with van der Waals surface area (Å²) in [4.78, 5) is 9.57. The van der Waals surface area contributed by atoms with Crippen molar-refractivity contribution >= 4 is 0 Å². The van der Waals surface area contributed by atoms with Crippen molar-refractivity contribution in [3.05, 3.63) is 0 Å². The highest BCUT2D eigenvalue weighted by molar-refractivity contribution is 4.73. The lowest BCUT2D eigenvalue weighted by atomic mass is 9.81. The van der Waals surface area contributed by atoms with Gasteiger partial charge >= 0.3 is 0 Å². The number of rotatable bonds is 6. The van der Waals surface area contributed by atoms with E-state index in [2.05, 4.69) is 25.7 Å². The Bertz CT molecular complexity index is 79.3. The summed E-state index contributed by atoms with van der Waals surface area (Å²) < 4.78 is 0. The molecule has 0 atom stereocenters. The first-order chi connectivity index (χ1) is 5.24. The van der Waals surface area contributed by atoms with Crippen LogP contribution in [0.5, 0.6) is 0 Å². The second-order valence-electron chi connectivity index (χ2n) is 2.99. The normalized spacial score (nSPS) is 12.0. The van der Waals surface area contributed by atoms with E-state index in [1.807, 2.05) is 0 Å². The monoisotopic (exact) mass is 160 g/mol. The van der Waals surface area contributed by atoms with Gasteiger partial charge in [-0.1, -0.05) is 20.8 Å². The van der Waals surface area contributed by atoms with Crippen molar-refractivity contribution in [1.82, 2.24) is 0 Å². The Morgan fingerprint density at radius 2 is 1.45 bits per heavy atom. The first-order valence-electron chi connectivity index (χ1n) is 4.40. The summed E-state index contributed by atoms with van der Waals surface area (Å²) in [7, 11) is 1.56. The molecule has 0 radical (unpaired) electrons. The van der Waals surface area contributed by atoms with E-state index in [-0.39, 0.29) is 0 Å². The van der Waals surface area contributed by atoms with Crippen molar-refractivity contribution in [2.45, 2.75) is 40.0 Å². The summed E-state index contributed by atoms with van der Waals surface area (Å²) in [6.07, 6.45) is 3.47. The first-order valence-corrected chi connectivity index (χ1v) is 4.40. The average Bonchev–Trinajstić information content (AvgIpc) is 2.08. The van der Waals surface area contributed by atoms with E-state index in [0.717, 1.165) is 19.3 Å². The van der Waals surface area contributed by atoms with Crippen LogP contribution in [-0.4, -0.2) is 13.7 Å². The lowest BCUT2D eigenvalue weighted by Gasteiger charge is -2.28. The molecular formula is C9H20O2. The molecule has 11 heavy (non-hydrogen) atoms. The molecule has 0 spiro atoms. The van der Waals surface area contributed by atoms with Gasteiger partial charge in [0.05, 0.1) is 13.7 Å². The van der Waals surface area contributed by atoms with Crippen molar-refractivity contribution in [3.63, 3.8) is 0 Å². The van der Waals surface area contributed by atoms with Crippen molar-refractivity contribution in [1.29, 1.82) is 0 Å². The van der Waals surface area contributed by atoms with Crippen LogP contribution in [0.4, 0.5) is 0 Å². The van der Waals surface area contributed by atoms with Crippen molar-refractivity contribution in [2.75, 3.05) is 13.7 Å². The minimum absolute atomic E-state index is 0.329. The van der Waals surface area contributed by atoms with Gasteiger partial charge in [-0.25, -0.2) is 9.78 Å². The molecule has 2 nitrogen and oxygen atoms in total. The fourth-order valence-corrected chi connectivity index (χ4v) is 1.24. The van der Waals surface area contributed by atoms with Crippen molar-refractivity contribution in [2.24, 2.45) is 5.41 Å². The van der Waals surface area contributed by atoms with Gasteiger partial charge in [-0.3, -0.25) is 0 Å². The lowest BCUT2D eigenvalue weighted by molar-refractivity contribution is -0.290. The Kier molecular flexibility index (Phi) is 5.51. The van der Waals surface area contributed by atoms with E-state index in [1.54, 1.807) is 7.11 Å². The largest absolute Gasteiger partial charge is 0.240 e. The molecule has 68 valence electrons. The van der Waals surface area contributed by atoms with Crippen LogP contribution in [0.15, 0.2) is 0 Å². The van der Waals surface area contributed by atoms with Gasteiger partial charge in [0.25, 0.3) is 0 Å². The molecule has 0 aromatic rings. The van der Waals surface area contributed by atoms with Crippen LogP contribution in [-0.2, 0) is 9.78 Å². The summed E-state index contributed by atoms with van der Waals surface area (Å²) in [6.45, 7) is 7.32. The van der Waals surface area contributed by atoms with Gasteiger partial charge in [0.15, 0.2) is 0 Å². The molecule has 0 unspecified atom stereocenters. The van der Waals surface area contributed by atoms with Crippen LogP contribution in [0.2, 0.25) is 0 Å². The molecule has 0 heterocycles. The number of hydrogen-bond acceptors (Lipinski definition) is 2. The molecule has 0 aromatic heterocycles. The zero-order valence-electron chi connectivity index (χ0n) is 8.14. The van der Waals surface area contributed by atoms with Gasteiger partial charge in [-0.15, -0.1) is 0 Å². The second kappa shape index (κ2) is 5.56. The van der Waals surface area contributed by atoms with Crippen molar-refractivity contribution < 1.29 is 9.78 Å². The molecule has 0 fully saturated rings. The minimum atomic E-state index is 0.329. The Balaban J connectivity index is 3.84. The summed E-state index contributed by atoms with van der Waals surface area (Å²) in [6, 6.07) is 0. The molecule has 0 saturated carbocycles. The van der Waals surface area contributed by atoms with Crippen LogP contribution in [0, 0.1) is 5.41 Å². The molecular weight excluding hydrogens is 140 g/mol. The molecule has 0 aliphatic rings. The maximum absolute atomic E-state index is 4.97. The zero-order valence-corrected chi connectivity index (χ0v) is 8.14. The van der Waals surface area contributed by atoms with E-state index < -0.39 is 0 Å². The highest BCUT2D eigenvalue weighted by Crippen LogP contribution is 2.30. The molecule has 2 heteroatoms. The van der Waals surface area contributed by atoms with Crippen LogP contribution >= 0.6 is 0 Å².